The topological polar surface area (TPSA) is 67.2 Å². The SMILES string of the molecule is C/C(Nc1cccc(Br)c1)=C1/C(=O)Nc2ccc(N)cc21. The van der Waals surface area contributed by atoms with E-state index in [1.807, 2.05) is 43.3 Å². The van der Waals surface area contributed by atoms with Gasteiger partial charge in [-0.05, 0) is 43.3 Å². The molecule has 4 nitrogen and oxygen atoms in total. The number of allylic oxidation sites excluding steroid dienone is 1. The van der Waals surface area contributed by atoms with Crippen molar-refractivity contribution in [1.82, 2.24) is 0 Å². The van der Waals surface area contributed by atoms with Crippen LogP contribution >= 0.6 is 15.9 Å². The van der Waals surface area contributed by atoms with Gasteiger partial charge in [0.15, 0.2) is 0 Å². The monoisotopic (exact) mass is 343 g/mol. The van der Waals surface area contributed by atoms with Crippen LogP contribution in [0.1, 0.15) is 12.5 Å². The van der Waals surface area contributed by atoms with Crippen molar-refractivity contribution in [3.05, 3.63) is 58.2 Å². The molecule has 2 aromatic rings. The zero-order valence-electron chi connectivity index (χ0n) is 11.4. The van der Waals surface area contributed by atoms with Crippen LogP contribution in [-0.4, -0.2) is 5.91 Å². The number of hydrogen-bond acceptors (Lipinski definition) is 3. The summed E-state index contributed by atoms with van der Waals surface area (Å²) >= 11 is 3.43. The van der Waals surface area contributed by atoms with Crippen LogP contribution < -0.4 is 16.4 Å². The number of hydrogen-bond donors (Lipinski definition) is 3. The molecule has 1 aliphatic rings. The Kier molecular flexibility index (Phi) is 3.43. The van der Waals surface area contributed by atoms with Gasteiger partial charge in [0.1, 0.15) is 0 Å². The van der Waals surface area contributed by atoms with E-state index in [1.54, 1.807) is 6.07 Å². The van der Waals surface area contributed by atoms with Gasteiger partial charge in [0.25, 0.3) is 5.91 Å². The number of anilines is 3. The maximum Gasteiger partial charge on any atom is 0.258 e. The molecule has 5 heteroatoms. The van der Waals surface area contributed by atoms with Gasteiger partial charge in [-0.15, -0.1) is 0 Å². The average molecular weight is 344 g/mol. The number of nitrogen functional groups attached to an aromatic ring is 1. The normalized spacial score (nSPS) is 15.4. The Balaban J connectivity index is 2.02. The van der Waals surface area contributed by atoms with E-state index >= 15 is 0 Å². The van der Waals surface area contributed by atoms with Crippen LogP contribution in [0.3, 0.4) is 0 Å². The van der Waals surface area contributed by atoms with Gasteiger partial charge < -0.3 is 16.4 Å². The summed E-state index contributed by atoms with van der Waals surface area (Å²) in [6, 6.07) is 13.2. The number of nitrogens with two attached hydrogens (primary N) is 1. The van der Waals surface area contributed by atoms with Gasteiger partial charge in [0.2, 0.25) is 0 Å². The number of carbonyl (C=O) groups excluding carboxylic acids is 1. The largest absolute Gasteiger partial charge is 0.399 e. The third-order valence-electron chi connectivity index (χ3n) is 3.32. The maximum atomic E-state index is 12.2. The van der Waals surface area contributed by atoms with E-state index in [0.717, 1.165) is 27.1 Å². The van der Waals surface area contributed by atoms with Gasteiger partial charge in [-0.1, -0.05) is 22.0 Å². The first-order chi connectivity index (χ1) is 10.0. The van der Waals surface area contributed by atoms with Gasteiger partial charge in [-0.3, -0.25) is 4.79 Å². The molecule has 0 spiro atoms. The van der Waals surface area contributed by atoms with E-state index in [4.69, 9.17) is 5.73 Å². The Morgan fingerprint density at radius 1 is 1.24 bits per heavy atom. The van der Waals surface area contributed by atoms with Crippen molar-refractivity contribution in [2.45, 2.75) is 6.92 Å². The molecule has 106 valence electrons. The highest BCUT2D eigenvalue weighted by molar-refractivity contribution is 9.10. The average Bonchev–Trinajstić information content (AvgIpc) is 2.74. The molecule has 0 saturated carbocycles. The molecular weight excluding hydrogens is 330 g/mol. The molecule has 0 atom stereocenters. The quantitative estimate of drug-likeness (QED) is 0.573. The lowest BCUT2D eigenvalue weighted by Gasteiger charge is -2.10. The van der Waals surface area contributed by atoms with Crippen LogP contribution in [0.25, 0.3) is 5.57 Å². The third kappa shape index (κ3) is 2.64. The van der Waals surface area contributed by atoms with Crippen molar-refractivity contribution in [2.75, 3.05) is 16.4 Å². The fourth-order valence-corrected chi connectivity index (χ4v) is 2.80. The number of fused-ring (bicyclic) bond motifs is 1. The Morgan fingerprint density at radius 2 is 2.05 bits per heavy atom. The van der Waals surface area contributed by atoms with Crippen molar-refractivity contribution in [1.29, 1.82) is 0 Å². The minimum absolute atomic E-state index is 0.115. The summed E-state index contributed by atoms with van der Waals surface area (Å²) in [5.41, 5.74) is 10.4. The van der Waals surface area contributed by atoms with Crippen LogP contribution in [0.4, 0.5) is 17.1 Å². The van der Waals surface area contributed by atoms with Crippen molar-refractivity contribution >= 4 is 44.5 Å². The van der Waals surface area contributed by atoms with Gasteiger partial charge in [-0.25, -0.2) is 0 Å². The van der Waals surface area contributed by atoms with E-state index in [0.29, 0.717) is 11.3 Å². The van der Waals surface area contributed by atoms with Crippen LogP contribution in [0.15, 0.2) is 52.6 Å². The Hall–Kier alpha value is -2.27. The number of nitrogens with one attached hydrogen (secondary N) is 2. The Morgan fingerprint density at radius 3 is 2.81 bits per heavy atom. The van der Waals surface area contributed by atoms with Gasteiger partial charge in [-0.2, -0.15) is 0 Å². The second-order valence-corrected chi connectivity index (χ2v) is 5.81. The number of halogens is 1. The second-order valence-electron chi connectivity index (χ2n) is 4.89. The molecule has 2 aromatic carbocycles. The summed E-state index contributed by atoms with van der Waals surface area (Å²) in [6.07, 6.45) is 0. The predicted octanol–water partition coefficient (Wildman–Crippen LogP) is 3.83. The maximum absolute atomic E-state index is 12.2. The Bertz CT molecular complexity index is 768. The van der Waals surface area contributed by atoms with E-state index in [-0.39, 0.29) is 5.91 Å². The first kappa shape index (κ1) is 13.7. The number of amides is 1. The summed E-state index contributed by atoms with van der Waals surface area (Å²) in [4.78, 5) is 12.2. The van der Waals surface area contributed by atoms with E-state index in [1.165, 1.54) is 0 Å². The summed E-state index contributed by atoms with van der Waals surface area (Å²) < 4.78 is 0.978. The minimum Gasteiger partial charge on any atom is -0.399 e. The molecule has 21 heavy (non-hydrogen) atoms. The van der Waals surface area contributed by atoms with Crippen molar-refractivity contribution < 1.29 is 4.79 Å². The lowest BCUT2D eigenvalue weighted by Crippen LogP contribution is -2.08. The molecular formula is C16H14BrN3O. The van der Waals surface area contributed by atoms with Gasteiger partial charge >= 0.3 is 0 Å². The molecule has 1 aliphatic heterocycles. The molecule has 3 rings (SSSR count). The van der Waals surface area contributed by atoms with Crippen LogP contribution in [-0.2, 0) is 4.79 Å². The third-order valence-corrected chi connectivity index (χ3v) is 3.81. The number of rotatable bonds is 2. The molecule has 4 N–H and O–H groups in total. The minimum atomic E-state index is -0.115. The molecule has 0 radical (unpaired) electrons. The highest BCUT2D eigenvalue weighted by Crippen LogP contribution is 2.35. The zero-order valence-corrected chi connectivity index (χ0v) is 13.0. The van der Waals surface area contributed by atoms with Crippen molar-refractivity contribution in [2.24, 2.45) is 0 Å². The highest BCUT2D eigenvalue weighted by atomic mass is 79.9. The lowest BCUT2D eigenvalue weighted by atomic mass is 10.0. The summed E-state index contributed by atoms with van der Waals surface area (Å²) in [6.45, 7) is 1.88. The summed E-state index contributed by atoms with van der Waals surface area (Å²) in [5, 5.41) is 6.11. The zero-order chi connectivity index (χ0) is 15.0. The summed E-state index contributed by atoms with van der Waals surface area (Å²) in [7, 11) is 0. The fraction of sp³-hybridized carbons (Fsp3) is 0.0625. The van der Waals surface area contributed by atoms with E-state index < -0.39 is 0 Å². The molecule has 0 unspecified atom stereocenters. The standard InChI is InChI=1S/C16H14BrN3O/c1-9(19-12-4-2-3-10(17)7-12)15-13-8-11(18)5-6-14(13)20-16(15)21/h2-8,19H,18H2,1H3,(H,20,21)/b15-9-. The van der Waals surface area contributed by atoms with Gasteiger partial charge in [0, 0.05) is 32.8 Å². The molecule has 1 amide bonds. The predicted molar refractivity (Wildman–Crippen MR) is 89.8 cm³/mol. The molecule has 1 heterocycles. The fourth-order valence-electron chi connectivity index (χ4n) is 2.40. The first-order valence-corrected chi connectivity index (χ1v) is 7.28. The van der Waals surface area contributed by atoms with Crippen LogP contribution in [0, 0.1) is 0 Å². The molecule has 0 bridgehead atoms. The number of carbonyl (C=O) groups is 1. The second kappa shape index (κ2) is 5.26. The summed E-state index contributed by atoms with van der Waals surface area (Å²) in [5.74, 6) is -0.115. The first-order valence-electron chi connectivity index (χ1n) is 6.49. The van der Waals surface area contributed by atoms with E-state index in [9.17, 15) is 4.79 Å². The molecule has 0 saturated heterocycles. The van der Waals surface area contributed by atoms with Crippen molar-refractivity contribution in [3.63, 3.8) is 0 Å². The van der Waals surface area contributed by atoms with Crippen LogP contribution in [0.5, 0.6) is 0 Å². The van der Waals surface area contributed by atoms with E-state index in [2.05, 4.69) is 26.6 Å². The highest BCUT2D eigenvalue weighted by Gasteiger charge is 2.26. The van der Waals surface area contributed by atoms with Crippen LogP contribution in [0.2, 0.25) is 0 Å². The van der Waals surface area contributed by atoms with Crippen molar-refractivity contribution in [3.8, 4) is 0 Å². The lowest BCUT2D eigenvalue weighted by molar-refractivity contribution is -0.110. The number of benzene rings is 2. The Labute approximate surface area is 131 Å². The smallest absolute Gasteiger partial charge is 0.258 e. The molecule has 0 aromatic heterocycles. The van der Waals surface area contributed by atoms with Gasteiger partial charge in [0.05, 0.1) is 5.57 Å². The molecule has 0 aliphatic carbocycles. The molecule has 0 fully saturated rings.